The molecule has 8 heteroatoms. The van der Waals surface area contributed by atoms with Crippen LogP contribution < -0.4 is 0 Å². The molecule has 0 aliphatic heterocycles. The van der Waals surface area contributed by atoms with Crippen LogP contribution in [-0.2, 0) is 0 Å². The summed E-state index contributed by atoms with van der Waals surface area (Å²) >= 11 is 1.35. The van der Waals surface area contributed by atoms with E-state index in [1.165, 1.54) is 23.9 Å². The molecule has 1 N–H and O–H groups in total. The fraction of sp³-hybridized carbons (Fsp3) is 0.179. The van der Waals surface area contributed by atoms with Crippen molar-refractivity contribution in [3.63, 3.8) is 0 Å². The lowest BCUT2D eigenvalue weighted by atomic mass is 10.0. The van der Waals surface area contributed by atoms with Crippen molar-refractivity contribution < 1.29 is 9.18 Å². The van der Waals surface area contributed by atoms with Crippen LogP contribution in [0.5, 0.6) is 0 Å². The number of benzene rings is 3. The second-order valence-corrected chi connectivity index (χ2v) is 9.89. The number of hydrogen-bond donors (Lipinski definition) is 1. The predicted octanol–water partition coefficient (Wildman–Crippen LogP) is 6.23. The van der Waals surface area contributed by atoms with Gasteiger partial charge in [0.2, 0.25) is 0 Å². The second kappa shape index (κ2) is 10.1. The predicted molar refractivity (Wildman–Crippen MR) is 141 cm³/mol. The van der Waals surface area contributed by atoms with E-state index in [-0.39, 0.29) is 17.6 Å². The Kier molecular flexibility index (Phi) is 6.71. The van der Waals surface area contributed by atoms with Gasteiger partial charge in [0, 0.05) is 28.4 Å². The highest BCUT2D eigenvalue weighted by molar-refractivity contribution is 8.00. The van der Waals surface area contributed by atoms with Gasteiger partial charge in [-0.2, -0.15) is 0 Å². The summed E-state index contributed by atoms with van der Waals surface area (Å²) in [7, 11) is 3.93. The molecule has 0 saturated carbocycles. The summed E-state index contributed by atoms with van der Waals surface area (Å²) in [5, 5.41) is 9.88. The van der Waals surface area contributed by atoms with Gasteiger partial charge in [-0.05, 0) is 56.9 Å². The number of carbonyl (C=O) groups excluding carboxylic acids is 1. The summed E-state index contributed by atoms with van der Waals surface area (Å²) in [6.07, 6.45) is 1.77. The number of nitrogens with one attached hydrogen (secondary N) is 1. The molecule has 2 heterocycles. The molecule has 5 rings (SSSR count). The van der Waals surface area contributed by atoms with E-state index in [1.807, 2.05) is 85.1 Å². The summed E-state index contributed by atoms with van der Waals surface area (Å²) in [5.74, 6) is 0.361. The van der Waals surface area contributed by atoms with Crippen LogP contribution in [0.1, 0.15) is 40.0 Å². The Hall–Kier alpha value is -3.75. The van der Waals surface area contributed by atoms with Crippen molar-refractivity contribution in [1.29, 1.82) is 0 Å². The molecule has 2 atom stereocenters. The SMILES string of the molecule is C[C@@H](c1nnc(S[C@H](C(=O)c2c[nH]c3ccccc23)c2ccccc2)n1-c1ccc(F)cc1)N(C)C. The Balaban J connectivity index is 1.62. The molecule has 36 heavy (non-hydrogen) atoms. The van der Waals surface area contributed by atoms with Crippen molar-refractivity contribution in [1.82, 2.24) is 24.6 Å². The first kappa shape index (κ1) is 24.0. The molecule has 0 unspecified atom stereocenters. The third kappa shape index (κ3) is 4.57. The first-order chi connectivity index (χ1) is 17.4. The summed E-state index contributed by atoms with van der Waals surface area (Å²) in [6.45, 7) is 2.03. The summed E-state index contributed by atoms with van der Waals surface area (Å²) in [5.41, 5.74) is 3.14. The number of rotatable bonds is 8. The van der Waals surface area contributed by atoms with Crippen LogP contribution in [0, 0.1) is 5.82 Å². The highest BCUT2D eigenvalue weighted by Crippen LogP contribution is 2.40. The molecule has 0 spiro atoms. The molecule has 6 nitrogen and oxygen atoms in total. The van der Waals surface area contributed by atoms with Crippen LogP contribution in [0.4, 0.5) is 4.39 Å². The van der Waals surface area contributed by atoms with E-state index in [0.29, 0.717) is 16.5 Å². The van der Waals surface area contributed by atoms with Gasteiger partial charge in [-0.15, -0.1) is 10.2 Å². The fourth-order valence-electron chi connectivity index (χ4n) is 4.11. The van der Waals surface area contributed by atoms with E-state index in [4.69, 9.17) is 0 Å². The van der Waals surface area contributed by atoms with Gasteiger partial charge >= 0.3 is 0 Å². The number of nitrogens with zero attached hydrogens (tertiary/aromatic N) is 4. The minimum absolute atomic E-state index is 0.0282. The molecule has 3 aromatic carbocycles. The van der Waals surface area contributed by atoms with Crippen molar-refractivity contribution >= 4 is 28.4 Å². The van der Waals surface area contributed by atoms with E-state index in [0.717, 1.165) is 22.2 Å². The lowest BCUT2D eigenvalue weighted by Crippen LogP contribution is -2.21. The molecule has 0 fully saturated rings. The van der Waals surface area contributed by atoms with E-state index < -0.39 is 5.25 Å². The number of thioether (sulfide) groups is 1. The number of carbonyl (C=O) groups is 1. The molecule has 0 radical (unpaired) electrons. The van der Waals surface area contributed by atoms with Gasteiger partial charge in [0.05, 0.1) is 6.04 Å². The van der Waals surface area contributed by atoms with Crippen molar-refractivity contribution in [2.45, 2.75) is 23.4 Å². The highest BCUT2D eigenvalue weighted by atomic mass is 32.2. The minimum Gasteiger partial charge on any atom is -0.360 e. The summed E-state index contributed by atoms with van der Waals surface area (Å²) in [6, 6.07) is 23.6. The van der Waals surface area contributed by atoms with Gasteiger partial charge in [-0.3, -0.25) is 14.3 Å². The maximum Gasteiger partial charge on any atom is 0.196 e. The number of ketones is 1. The topological polar surface area (TPSA) is 66.8 Å². The molecule has 0 saturated heterocycles. The average molecular weight is 500 g/mol. The maximum absolute atomic E-state index is 14.0. The number of Topliss-reactive ketones (excluding diaryl/α,β-unsaturated/α-hetero) is 1. The normalized spacial score (nSPS) is 13.2. The van der Waals surface area contributed by atoms with Gasteiger partial charge in [-0.1, -0.05) is 60.3 Å². The Morgan fingerprint density at radius 3 is 2.39 bits per heavy atom. The van der Waals surface area contributed by atoms with Gasteiger partial charge < -0.3 is 4.98 Å². The number of aromatic nitrogens is 4. The first-order valence-electron chi connectivity index (χ1n) is 11.6. The number of para-hydroxylation sites is 1. The molecule has 0 aliphatic rings. The average Bonchev–Trinajstić information content (AvgIpc) is 3.52. The smallest absolute Gasteiger partial charge is 0.196 e. The quantitative estimate of drug-likeness (QED) is 0.203. The van der Waals surface area contributed by atoms with Crippen molar-refractivity contribution in [3.8, 4) is 5.69 Å². The van der Waals surface area contributed by atoms with Crippen molar-refractivity contribution in [2.24, 2.45) is 0 Å². The molecule has 0 amide bonds. The number of fused-ring (bicyclic) bond motifs is 1. The lowest BCUT2D eigenvalue weighted by Gasteiger charge is -2.21. The zero-order valence-corrected chi connectivity index (χ0v) is 21.0. The van der Waals surface area contributed by atoms with Crippen molar-refractivity contribution in [2.75, 3.05) is 14.1 Å². The van der Waals surface area contributed by atoms with Crippen LogP contribution in [0.3, 0.4) is 0 Å². The number of hydrogen-bond acceptors (Lipinski definition) is 5. The molecule has 182 valence electrons. The van der Waals surface area contributed by atoms with E-state index in [9.17, 15) is 9.18 Å². The molecule has 2 aromatic heterocycles. The Morgan fingerprint density at radius 2 is 1.67 bits per heavy atom. The number of halogens is 1. The maximum atomic E-state index is 14.0. The third-order valence-electron chi connectivity index (χ3n) is 6.31. The number of aromatic amines is 1. The Morgan fingerprint density at radius 1 is 0.972 bits per heavy atom. The molecular weight excluding hydrogens is 473 g/mol. The summed E-state index contributed by atoms with van der Waals surface area (Å²) in [4.78, 5) is 19.3. The van der Waals surface area contributed by atoms with Gasteiger partial charge in [0.15, 0.2) is 16.8 Å². The van der Waals surface area contributed by atoms with Crippen LogP contribution in [-0.4, -0.2) is 44.5 Å². The zero-order valence-electron chi connectivity index (χ0n) is 20.2. The molecule has 0 aliphatic carbocycles. The van der Waals surface area contributed by atoms with E-state index in [1.54, 1.807) is 18.3 Å². The monoisotopic (exact) mass is 499 g/mol. The molecular formula is C28H26FN5OS. The lowest BCUT2D eigenvalue weighted by molar-refractivity contribution is 0.0991. The van der Waals surface area contributed by atoms with Crippen molar-refractivity contribution in [3.05, 3.63) is 108 Å². The van der Waals surface area contributed by atoms with Crippen LogP contribution in [0.25, 0.3) is 16.6 Å². The number of H-pyrrole nitrogens is 1. The summed E-state index contributed by atoms with van der Waals surface area (Å²) < 4.78 is 15.6. The second-order valence-electron chi connectivity index (χ2n) is 8.81. The van der Waals surface area contributed by atoms with Gasteiger partial charge in [0.25, 0.3) is 0 Å². The van der Waals surface area contributed by atoms with E-state index in [2.05, 4.69) is 15.2 Å². The third-order valence-corrected chi connectivity index (χ3v) is 7.51. The largest absolute Gasteiger partial charge is 0.360 e. The van der Waals surface area contributed by atoms with Crippen LogP contribution >= 0.6 is 11.8 Å². The minimum atomic E-state index is -0.559. The highest BCUT2D eigenvalue weighted by Gasteiger charge is 2.29. The zero-order chi connectivity index (χ0) is 25.2. The Bertz CT molecular complexity index is 1490. The van der Waals surface area contributed by atoms with Gasteiger partial charge in [-0.25, -0.2) is 4.39 Å². The fourth-order valence-corrected chi connectivity index (χ4v) is 5.25. The van der Waals surface area contributed by atoms with E-state index >= 15 is 0 Å². The molecule has 5 aromatic rings. The standard InChI is InChI=1S/C28H26FN5OS/c1-18(33(2)3)27-31-32-28(34(27)21-15-13-20(29)14-16-21)36-26(19-9-5-4-6-10-19)25(35)23-17-30-24-12-8-7-11-22(23)24/h4-18,26,30H,1-3H3/t18-,26-/m0/s1. The molecule has 0 bridgehead atoms. The van der Waals surface area contributed by atoms with Gasteiger partial charge in [0.1, 0.15) is 11.1 Å². The van der Waals surface area contributed by atoms with Crippen LogP contribution in [0.2, 0.25) is 0 Å². The first-order valence-corrected chi connectivity index (χ1v) is 12.5. The van der Waals surface area contributed by atoms with Crippen LogP contribution in [0.15, 0.2) is 90.2 Å². The Labute approximate surface area is 213 Å².